The first kappa shape index (κ1) is 24.7. The van der Waals surface area contributed by atoms with Crippen LogP contribution in [0.2, 0.25) is 0 Å². The Bertz CT molecular complexity index is 1100. The zero-order chi connectivity index (χ0) is 24.4. The fraction of sp³-hybridized carbons (Fsp3) is 0.222. The number of para-hydroxylation sites is 2. The molecule has 3 aromatic rings. The topological polar surface area (TPSA) is 85.8 Å². The number of nitrogens with zero attached hydrogens (tertiary/aromatic N) is 2. The summed E-state index contributed by atoms with van der Waals surface area (Å²) >= 11 is 0. The molecule has 1 aliphatic rings. The van der Waals surface area contributed by atoms with Crippen molar-refractivity contribution >= 4 is 28.9 Å². The summed E-state index contributed by atoms with van der Waals surface area (Å²) in [6.07, 6.45) is 0. The van der Waals surface area contributed by atoms with Gasteiger partial charge in [-0.15, -0.1) is 0 Å². The quantitative estimate of drug-likeness (QED) is 0.463. The van der Waals surface area contributed by atoms with Crippen LogP contribution in [0, 0.1) is 0 Å². The zero-order valence-electron chi connectivity index (χ0n) is 19.8. The van der Waals surface area contributed by atoms with E-state index in [1.807, 2.05) is 54.6 Å². The summed E-state index contributed by atoms with van der Waals surface area (Å²) in [4.78, 5) is 26.5. The van der Waals surface area contributed by atoms with E-state index in [2.05, 4.69) is 34.9 Å². The molecule has 1 atom stereocenters. The zero-order valence-corrected chi connectivity index (χ0v) is 19.8. The van der Waals surface area contributed by atoms with Crippen LogP contribution >= 0.6 is 0 Å². The lowest BCUT2D eigenvalue weighted by atomic mass is 10.0. The third-order valence-electron chi connectivity index (χ3n) is 5.25. The lowest BCUT2D eigenvalue weighted by Crippen LogP contribution is -2.64. The van der Waals surface area contributed by atoms with Crippen molar-refractivity contribution in [1.29, 1.82) is 0 Å². The van der Waals surface area contributed by atoms with E-state index in [4.69, 9.17) is 0 Å². The van der Waals surface area contributed by atoms with Gasteiger partial charge in [0.25, 0.3) is 11.8 Å². The molecule has 1 unspecified atom stereocenters. The SMILES string of the molecule is CC1=NN(c2ccccc2)C(=O)C1(NC(=O)c1ccccc1)Nc1ccccc1.CCNCC. The number of amides is 2. The van der Waals surface area contributed by atoms with Gasteiger partial charge in [-0.25, -0.2) is 0 Å². The third-order valence-corrected chi connectivity index (χ3v) is 5.25. The first-order valence-electron chi connectivity index (χ1n) is 11.4. The number of hydrazone groups is 1. The molecule has 0 bridgehead atoms. The molecule has 0 aliphatic carbocycles. The summed E-state index contributed by atoms with van der Waals surface area (Å²) in [6.45, 7) is 8.11. The molecule has 1 aliphatic heterocycles. The number of hydrogen-bond donors (Lipinski definition) is 3. The van der Waals surface area contributed by atoms with Gasteiger partial charge in [0.1, 0.15) is 0 Å². The summed E-state index contributed by atoms with van der Waals surface area (Å²) in [5, 5.41) is 15.0. The predicted octanol–water partition coefficient (Wildman–Crippen LogP) is 4.26. The van der Waals surface area contributed by atoms with Crippen molar-refractivity contribution in [2.45, 2.75) is 26.4 Å². The van der Waals surface area contributed by atoms with Gasteiger partial charge in [0, 0.05) is 11.3 Å². The Hall–Kier alpha value is -3.97. The molecule has 1 heterocycles. The van der Waals surface area contributed by atoms with E-state index in [-0.39, 0.29) is 11.8 Å². The van der Waals surface area contributed by atoms with E-state index < -0.39 is 5.66 Å². The Kier molecular flexibility index (Phi) is 8.54. The highest BCUT2D eigenvalue weighted by Gasteiger charge is 2.51. The molecule has 7 heteroatoms. The number of hydrogen-bond acceptors (Lipinski definition) is 5. The van der Waals surface area contributed by atoms with E-state index in [0.29, 0.717) is 22.6 Å². The molecule has 0 aromatic heterocycles. The number of nitrogens with one attached hydrogen (secondary N) is 3. The molecule has 0 saturated heterocycles. The molecule has 34 heavy (non-hydrogen) atoms. The van der Waals surface area contributed by atoms with Crippen LogP contribution in [-0.2, 0) is 4.79 Å². The second-order valence-corrected chi connectivity index (χ2v) is 7.66. The van der Waals surface area contributed by atoms with Gasteiger partial charge in [0.2, 0.25) is 5.66 Å². The van der Waals surface area contributed by atoms with Gasteiger partial charge in [0.05, 0.1) is 11.4 Å². The van der Waals surface area contributed by atoms with E-state index in [9.17, 15) is 9.59 Å². The minimum absolute atomic E-state index is 0.369. The maximum absolute atomic E-state index is 13.5. The average Bonchev–Trinajstić information content (AvgIpc) is 3.11. The van der Waals surface area contributed by atoms with Crippen LogP contribution in [0.25, 0.3) is 0 Å². The maximum Gasteiger partial charge on any atom is 0.300 e. The van der Waals surface area contributed by atoms with Crippen LogP contribution in [0.15, 0.2) is 96.1 Å². The van der Waals surface area contributed by atoms with E-state index in [0.717, 1.165) is 13.1 Å². The lowest BCUT2D eigenvalue weighted by Gasteiger charge is -2.31. The molecule has 0 saturated carbocycles. The van der Waals surface area contributed by atoms with Gasteiger partial charge in [-0.05, 0) is 56.4 Å². The molecule has 4 rings (SSSR count). The van der Waals surface area contributed by atoms with Crippen LogP contribution in [0.4, 0.5) is 11.4 Å². The lowest BCUT2D eigenvalue weighted by molar-refractivity contribution is -0.120. The van der Waals surface area contributed by atoms with Gasteiger partial charge >= 0.3 is 0 Å². The first-order chi connectivity index (χ1) is 16.5. The van der Waals surface area contributed by atoms with Gasteiger partial charge in [-0.3, -0.25) is 9.59 Å². The monoisotopic (exact) mass is 457 g/mol. The summed E-state index contributed by atoms with van der Waals surface area (Å²) in [6, 6.07) is 27.2. The minimum atomic E-state index is -1.50. The molecule has 7 nitrogen and oxygen atoms in total. The number of benzene rings is 3. The molecular formula is C27H31N5O2. The van der Waals surface area contributed by atoms with E-state index in [1.54, 1.807) is 43.3 Å². The standard InChI is InChI=1S/C23H20N4O2.C4H11N/c1-17-23(24-19-13-7-3-8-14-19,25-21(28)18-11-5-2-6-12-18)22(29)27(26-17)20-15-9-4-10-16-20;1-3-5-4-2/h2-16,24H,1H3,(H,25,28);5H,3-4H2,1-2H3. The van der Waals surface area contributed by atoms with Gasteiger partial charge in [-0.2, -0.15) is 10.1 Å². The highest BCUT2D eigenvalue weighted by molar-refractivity contribution is 6.25. The Morgan fingerprint density at radius 2 is 1.38 bits per heavy atom. The second kappa shape index (κ2) is 11.8. The fourth-order valence-corrected chi connectivity index (χ4v) is 3.47. The van der Waals surface area contributed by atoms with Gasteiger partial charge < -0.3 is 16.0 Å². The van der Waals surface area contributed by atoms with Crippen LogP contribution < -0.4 is 21.0 Å². The molecule has 0 fully saturated rings. The van der Waals surface area contributed by atoms with E-state index in [1.165, 1.54) is 5.01 Å². The van der Waals surface area contributed by atoms with Crippen LogP contribution in [-0.4, -0.2) is 36.3 Å². The molecule has 0 radical (unpaired) electrons. The smallest absolute Gasteiger partial charge is 0.300 e. The number of carbonyl (C=O) groups excluding carboxylic acids is 2. The Morgan fingerprint density at radius 3 is 1.91 bits per heavy atom. The molecular weight excluding hydrogens is 426 g/mol. The molecule has 2 amide bonds. The minimum Gasteiger partial charge on any atom is -0.350 e. The van der Waals surface area contributed by atoms with Crippen molar-refractivity contribution in [1.82, 2.24) is 10.6 Å². The molecule has 3 N–H and O–H groups in total. The van der Waals surface area contributed by atoms with Crippen molar-refractivity contribution in [3.05, 3.63) is 96.6 Å². The highest BCUT2D eigenvalue weighted by Crippen LogP contribution is 2.28. The van der Waals surface area contributed by atoms with Crippen molar-refractivity contribution in [3.8, 4) is 0 Å². The average molecular weight is 458 g/mol. The summed E-state index contributed by atoms with van der Waals surface area (Å²) < 4.78 is 0. The molecule has 3 aromatic carbocycles. The van der Waals surface area contributed by atoms with Crippen LogP contribution in [0.5, 0.6) is 0 Å². The van der Waals surface area contributed by atoms with Crippen molar-refractivity contribution in [2.24, 2.45) is 5.10 Å². The maximum atomic E-state index is 13.5. The summed E-state index contributed by atoms with van der Waals surface area (Å²) in [5.74, 6) is -0.749. The van der Waals surface area contributed by atoms with E-state index >= 15 is 0 Å². The predicted molar refractivity (Wildman–Crippen MR) is 138 cm³/mol. The van der Waals surface area contributed by atoms with Crippen molar-refractivity contribution in [2.75, 3.05) is 23.4 Å². The second-order valence-electron chi connectivity index (χ2n) is 7.66. The summed E-state index contributed by atoms with van der Waals surface area (Å²) in [7, 11) is 0. The Labute approximate surface area is 200 Å². The number of carbonyl (C=O) groups is 2. The third kappa shape index (κ3) is 5.68. The Morgan fingerprint density at radius 1 is 0.853 bits per heavy atom. The van der Waals surface area contributed by atoms with Crippen LogP contribution in [0.1, 0.15) is 31.1 Å². The van der Waals surface area contributed by atoms with Crippen LogP contribution in [0.3, 0.4) is 0 Å². The summed E-state index contributed by atoms with van der Waals surface area (Å²) in [5.41, 5.74) is 0.727. The number of anilines is 2. The van der Waals surface area contributed by atoms with Gasteiger partial charge in [0.15, 0.2) is 0 Å². The largest absolute Gasteiger partial charge is 0.350 e. The normalized spacial score (nSPS) is 16.9. The Balaban J connectivity index is 0.000000588. The highest BCUT2D eigenvalue weighted by atomic mass is 16.2. The molecule has 0 spiro atoms. The number of rotatable bonds is 7. The van der Waals surface area contributed by atoms with Gasteiger partial charge in [-0.1, -0.05) is 68.4 Å². The first-order valence-corrected chi connectivity index (χ1v) is 11.4. The van der Waals surface area contributed by atoms with Crippen molar-refractivity contribution in [3.63, 3.8) is 0 Å². The fourth-order valence-electron chi connectivity index (χ4n) is 3.47. The molecule has 176 valence electrons. The van der Waals surface area contributed by atoms with Crippen molar-refractivity contribution < 1.29 is 9.59 Å².